The molecule has 3 aromatic rings. The maximum atomic E-state index is 8.77. The van der Waals surface area contributed by atoms with Crippen molar-refractivity contribution in [2.24, 2.45) is 0 Å². The van der Waals surface area contributed by atoms with E-state index in [0.29, 0.717) is 5.56 Å². The Balaban J connectivity index is 1.95. The first-order chi connectivity index (χ1) is 9.36. The summed E-state index contributed by atoms with van der Waals surface area (Å²) >= 11 is 0. The van der Waals surface area contributed by atoms with Gasteiger partial charge in [-0.2, -0.15) is 10.4 Å². The molecule has 0 amide bonds. The average molecular weight is 246 g/mol. The molecule has 1 aromatic carbocycles. The molecule has 4 nitrogen and oxygen atoms in total. The normalized spacial score (nSPS) is 10.1. The second-order valence-corrected chi connectivity index (χ2v) is 4.05. The lowest BCUT2D eigenvalue weighted by molar-refractivity contribution is 0.884. The standard InChI is InChI=1S/C15H10N4/c16-10-12-3-5-14(6-4-12)19-9-7-15(18-19)13-2-1-8-17-11-13/h1-9,11H. The Morgan fingerprint density at radius 1 is 1.05 bits per heavy atom. The van der Waals surface area contributed by atoms with Gasteiger partial charge in [0, 0.05) is 24.2 Å². The lowest BCUT2D eigenvalue weighted by Crippen LogP contribution is -1.94. The minimum absolute atomic E-state index is 0.642. The molecule has 19 heavy (non-hydrogen) atoms. The zero-order chi connectivity index (χ0) is 13.1. The molecule has 0 aliphatic carbocycles. The summed E-state index contributed by atoms with van der Waals surface area (Å²) in [6.07, 6.45) is 5.41. The van der Waals surface area contributed by atoms with E-state index in [9.17, 15) is 0 Å². The minimum atomic E-state index is 0.642. The predicted octanol–water partition coefficient (Wildman–Crippen LogP) is 2.81. The molecular formula is C15H10N4. The Hall–Kier alpha value is -2.93. The zero-order valence-electron chi connectivity index (χ0n) is 10.1. The van der Waals surface area contributed by atoms with Gasteiger partial charge in [-0.25, -0.2) is 4.68 Å². The molecule has 0 fully saturated rings. The highest BCUT2D eigenvalue weighted by molar-refractivity contribution is 5.57. The van der Waals surface area contributed by atoms with E-state index < -0.39 is 0 Å². The molecule has 0 unspecified atom stereocenters. The topological polar surface area (TPSA) is 54.5 Å². The zero-order valence-corrected chi connectivity index (χ0v) is 10.1. The van der Waals surface area contributed by atoms with Crippen molar-refractivity contribution in [3.05, 3.63) is 66.6 Å². The van der Waals surface area contributed by atoms with Crippen LogP contribution in [-0.2, 0) is 0 Å². The van der Waals surface area contributed by atoms with Gasteiger partial charge < -0.3 is 0 Å². The van der Waals surface area contributed by atoms with Crippen LogP contribution < -0.4 is 0 Å². The van der Waals surface area contributed by atoms with E-state index in [1.54, 1.807) is 29.2 Å². The number of rotatable bonds is 2. The molecule has 0 aliphatic rings. The smallest absolute Gasteiger partial charge is 0.0991 e. The van der Waals surface area contributed by atoms with Gasteiger partial charge in [-0.05, 0) is 42.5 Å². The molecule has 90 valence electrons. The quantitative estimate of drug-likeness (QED) is 0.698. The molecule has 0 saturated heterocycles. The molecule has 0 spiro atoms. The highest BCUT2D eigenvalue weighted by atomic mass is 15.3. The van der Waals surface area contributed by atoms with Crippen LogP contribution in [-0.4, -0.2) is 14.8 Å². The molecular weight excluding hydrogens is 236 g/mol. The number of aromatic nitrogens is 3. The van der Waals surface area contributed by atoms with Crippen LogP contribution in [0.3, 0.4) is 0 Å². The summed E-state index contributed by atoms with van der Waals surface area (Å²) < 4.78 is 1.78. The third-order valence-corrected chi connectivity index (χ3v) is 2.81. The van der Waals surface area contributed by atoms with Crippen LogP contribution in [0.5, 0.6) is 0 Å². The fourth-order valence-corrected chi connectivity index (χ4v) is 1.82. The largest absolute Gasteiger partial charge is 0.264 e. The van der Waals surface area contributed by atoms with Crippen molar-refractivity contribution in [1.82, 2.24) is 14.8 Å². The Bertz CT molecular complexity index is 721. The number of hydrogen-bond donors (Lipinski definition) is 0. The Morgan fingerprint density at radius 3 is 2.58 bits per heavy atom. The first kappa shape index (κ1) is 11.2. The van der Waals surface area contributed by atoms with Gasteiger partial charge in [0.2, 0.25) is 0 Å². The summed E-state index contributed by atoms with van der Waals surface area (Å²) in [4.78, 5) is 4.08. The molecule has 0 aliphatic heterocycles. The number of pyridine rings is 1. The van der Waals surface area contributed by atoms with E-state index in [1.165, 1.54) is 0 Å². The summed E-state index contributed by atoms with van der Waals surface area (Å²) in [5.74, 6) is 0. The first-order valence-electron chi connectivity index (χ1n) is 5.83. The van der Waals surface area contributed by atoms with Gasteiger partial charge in [0.25, 0.3) is 0 Å². The molecule has 4 heteroatoms. The van der Waals surface area contributed by atoms with E-state index in [-0.39, 0.29) is 0 Å². The maximum Gasteiger partial charge on any atom is 0.0991 e. The molecule has 2 aromatic heterocycles. The van der Waals surface area contributed by atoms with E-state index in [1.807, 2.05) is 36.5 Å². The fourth-order valence-electron chi connectivity index (χ4n) is 1.82. The lowest BCUT2D eigenvalue weighted by atomic mass is 10.2. The van der Waals surface area contributed by atoms with Crippen LogP contribution in [0.15, 0.2) is 61.1 Å². The molecule has 0 N–H and O–H groups in total. The second-order valence-electron chi connectivity index (χ2n) is 4.05. The van der Waals surface area contributed by atoms with Crippen LogP contribution in [0.4, 0.5) is 0 Å². The van der Waals surface area contributed by atoms with E-state index in [2.05, 4.69) is 16.2 Å². The van der Waals surface area contributed by atoms with Gasteiger partial charge in [0.1, 0.15) is 0 Å². The third-order valence-electron chi connectivity index (χ3n) is 2.81. The summed E-state index contributed by atoms with van der Waals surface area (Å²) in [7, 11) is 0. The molecule has 0 radical (unpaired) electrons. The predicted molar refractivity (Wildman–Crippen MR) is 71.5 cm³/mol. The van der Waals surface area contributed by atoms with Crippen molar-refractivity contribution in [2.75, 3.05) is 0 Å². The molecule has 0 bridgehead atoms. The third kappa shape index (κ3) is 2.22. The number of nitrogens with zero attached hydrogens (tertiary/aromatic N) is 4. The summed E-state index contributed by atoms with van der Waals surface area (Å²) in [6.45, 7) is 0. The van der Waals surface area contributed by atoms with Gasteiger partial charge in [0.15, 0.2) is 0 Å². The van der Waals surface area contributed by atoms with Crippen LogP contribution in [0, 0.1) is 11.3 Å². The summed E-state index contributed by atoms with van der Waals surface area (Å²) in [6, 6.07) is 15.2. The van der Waals surface area contributed by atoms with E-state index >= 15 is 0 Å². The van der Waals surface area contributed by atoms with Crippen molar-refractivity contribution in [3.63, 3.8) is 0 Å². The lowest BCUT2D eigenvalue weighted by Gasteiger charge is -2.00. The van der Waals surface area contributed by atoms with Crippen molar-refractivity contribution >= 4 is 0 Å². The van der Waals surface area contributed by atoms with Gasteiger partial charge >= 0.3 is 0 Å². The van der Waals surface area contributed by atoms with Crippen molar-refractivity contribution in [2.45, 2.75) is 0 Å². The van der Waals surface area contributed by atoms with Crippen LogP contribution in [0.1, 0.15) is 5.56 Å². The summed E-state index contributed by atoms with van der Waals surface area (Å²) in [5, 5.41) is 13.3. The monoisotopic (exact) mass is 246 g/mol. The average Bonchev–Trinajstić information content (AvgIpc) is 2.98. The molecule has 3 rings (SSSR count). The van der Waals surface area contributed by atoms with E-state index in [0.717, 1.165) is 16.9 Å². The first-order valence-corrected chi connectivity index (χ1v) is 5.83. The van der Waals surface area contributed by atoms with Crippen molar-refractivity contribution in [3.8, 4) is 23.0 Å². The maximum absolute atomic E-state index is 8.77. The highest BCUT2D eigenvalue weighted by Crippen LogP contribution is 2.17. The molecule has 0 atom stereocenters. The summed E-state index contributed by atoms with van der Waals surface area (Å²) in [5.41, 5.74) is 3.42. The van der Waals surface area contributed by atoms with Gasteiger partial charge in [-0.15, -0.1) is 0 Å². The van der Waals surface area contributed by atoms with Crippen molar-refractivity contribution < 1.29 is 0 Å². The van der Waals surface area contributed by atoms with E-state index in [4.69, 9.17) is 5.26 Å². The van der Waals surface area contributed by atoms with Crippen LogP contribution >= 0.6 is 0 Å². The van der Waals surface area contributed by atoms with Crippen LogP contribution in [0.2, 0.25) is 0 Å². The van der Waals surface area contributed by atoms with Crippen LogP contribution in [0.25, 0.3) is 16.9 Å². The number of hydrogen-bond acceptors (Lipinski definition) is 3. The van der Waals surface area contributed by atoms with Crippen molar-refractivity contribution in [1.29, 1.82) is 5.26 Å². The van der Waals surface area contributed by atoms with Gasteiger partial charge in [-0.3, -0.25) is 4.98 Å². The van der Waals surface area contributed by atoms with Gasteiger partial charge in [0.05, 0.1) is 23.0 Å². The molecule has 0 saturated carbocycles. The Morgan fingerprint density at radius 2 is 1.89 bits per heavy atom. The Kier molecular flexibility index (Phi) is 2.79. The number of benzene rings is 1. The molecule has 2 heterocycles. The fraction of sp³-hybridized carbons (Fsp3) is 0. The second kappa shape index (κ2) is 4.75. The number of nitriles is 1. The minimum Gasteiger partial charge on any atom is -0.264 e. The highest BCUT2D eigenvalue weighted by Gasteiger charge is 2.03. The SMILES string of the molecule is N#Cc1ccc(-n2ccc(-c3cccnc3)n2)cc1. The Labute approximate surface area is 110 Å². The van der Waals surface area contributed by atoms with Gasteiger partial charge in [-0.1, -0.05) is 0 Å².